The summed E-state index contributed by atoms with van der Waals surface area (Å²) in [4.78, 5) is 39.3. The summed E-state index contributed by atoms with van der Waals surface area (Å²) < 4.78 is 0. The van der Waals surface area contributed by atoms with E-state index in [0.717, 1.165) is 20.2 Å². The van der Waals surface area contributed by atoms with Gasteiger partial charge in [-0.05, 0) is 44.2 Å². The van der Waals surface area contributed by atoms with Crippen molar-refractivity contribution in [3.05, 3.63) is 57.4 Å². The van der Waals surface area contributed by atoms with Gasteiger partial charge in [0.15, 0.2) is 0 Å². The fraction of sp³-hybridized carbons (Fsp3) is 0.167. The SMILES string of the molecule is Cc1ccc(NC(=O)CN2C(=O)NC(=Cc3ccc(C)s3)C2=O)cc1. The molecule has 1 aromatic carbocycles. The van der Waals surface area contributed by atoms with Crippen LogP contribution >= 0.6 is 11.3 Å². The number of thiophene rings is 1. The third kappa shape index (κ3) is 3.95. The van der Waals surface area contributed by atoms with Gasteiger partial charge in [-0.3, -0.25) is 9.59 Å². The van der Waals surface area contributed by atoms with Gasteiger partial charge in [0.2, 0.25) is 5.91 Å². The predicted octanol–water partition coefficient (Wildman–Crippen LogP) is 2.90. The van der Waals surface area contributed by atoms with E-state index in [1.54, 1.807) is 18.2 Å². The Labute approximate surface area is 149 Å². The fourth-order valence-electron chi connectivity index (χ4n) is 2.37. The number of nitrogens with one attached hydrogen (secondary N) is 2. The topological polar surface area (TPSA) is 78.5 Å². The summed E-state index contributed by atoms with van der Waals surface area (Å²) in [5, 5.41) is 5.19. The molecular formula is C18H17N3O3S. The summed E-state index contributed by atoms with van der Waals surface area (Å²) in [5.41, 5.74) is 1.87. The number of nitrogens with zero attached hydrogens (tertiary/aromatic N) is 1. The van der Waals surface area contributed by atoms with Gasteiger partial charge in [-0.2, -0.15) is 0 Å². The molecule has 0 bridgehead atoms. The predicted molar refractivity (Wildman–Crippen MR) is 97.1 cm³/mol. The van der Waals surface area contributed by atoms with Crippen molar-refractivity contribution in [2.75, 3.05) is 11.9 Å². The molecule has 0 radical (unpaired) electrons. The molecule has 25 heavy (non-hydrogen) atoms. The number of urea groups is 1. The molecule has 1 aliphatic heterocycles. The van der Waals surface area contributed by atoms with Gasteiger partial charge in [0.05, 0.1) is 0 Å². The van der Waals surface area contributed by atoms with Gasteiger partial charge in [-0.25, -0.2) is 9.69 Å². The Bertz CT molecular complexity index is 868. The van der Waals surface area contributed by atoms with E-state index in [-0.39, 0.29) is 12.2 Å². The highest BCUT2D eigenvalue weighted by Crippen LogP contribution is 2.20. The summed E-state index contributed by atoms with van der Waals surface area (Å²) in [7, 11) is 0. The molecule has 0 unspecified atom stereocenters. The van der Waals surface area contributed by atoms with Crippen LogP contribution in [0.15, 0.2) is 42.1 Å². The number of carbonyl (C=O) groups excluding carboxylic acids is 3. The molecule has 3 rings (SSSR count). The van der Waals surface area contributed by atoms with Crippen LogP contribution in [0.4, 0.5) is 10.5 Å². The largest absolute Gasteiger partial charge is 0.329 e. The Kier molecular flexibility index (Phi) is 4.67. The maximum atomic E-state index is 12.4. The van der Waals surface area contributed by atoms with Crippen LogP contribution in [-0.4, -0.2) is 29.3 Å². The molecule has 1 fully saturated rings. The first-order chi connectivity index (χ1) is 11.9. The molecule has 2 N–H and O–H groups in total. The van der Waals surface area contributed by atoms with Crippen molar-refractivity contribution in [3.8, 4) is 0 Å². The van der Waals surface area contributed by atoms with Crippen molar-refractivity contribution >= 4 is 40.9 Å². The Morgan fingerprint density at radius 3 is 2.52 bits per heavy atom. The smallest absolute Gasteiger partial charge is 0.325 e. The first kappa shape index (κ1) is 16.9. The number of carbonyl (C=O) groups is 3. The van der Waals surface area contributed by atoms with Crippen LogP contribution in [0.25, 0.3) is 6.08 Å². The Morgan fingerprint density at radius 2 is 1.88 bits per heavy atom. The molecule has 0 aliphatic carbocycles. The molecule has 2 aromatic rings. The number of hydrogen-bond donors (Lipinski definition) is 2. The summed E-state index contributed by atoms with van der Waals surface area (Å²) in [5.74, 6) is -0.935. The van der Waals surface area contributed by atoms with E-state index >= 15 is 0 Å². The third-order valence-electron chi connectivity index (χ3n) is 3.65. The van der Waals surface area contributed by atoms with Crippen LogP contribution in [-0.2, 0) is 9.59 Å². The molecule has 1 aliphatic rings. The summed E-state index contributed by atoms with van der Waals surface area (Å²) in [6, 6.07) is 10.5. The van der Waals surface area contributed by atoms with Crippen LogP contribution in [0.2, 0.25) is 0 Å². The zero-order valence-corrected chi connectivity index (χ0v) is 14.6. The van der Waals surface area contributed by atoms with Gasteiger partial charge in [0.1, 0.15) is 12.2 Å². The quantitative estimate of drug-likeness (QED) is 0.654. The van der Waals surface area contributed by atoms with Gasteiger partial charge < -0.3 is 10.6 Å². The Balaban J connectivity index is 1.67. The minimum atomic E-state index is -0.594. The molecule has 2 heterocycles. The maximum absolute atomic E-state index is 12.4. The lowest BCUT2D eigenvalue weighted by atomic mass is 10.2. The van der Waals surface area contributed by atoms with E-state index < -0.39 is 17.8 Å². The van der Waals surface area contributed by atoms with Crippen LogP contribution in [0.5, 0.6) is 0 Å². The van der Waals surface area contributed by atoms with E-state index in [0.29, 0.717) is 5.69 Å². The first-order valence-electron chi connectivity index (χ1n) is 7.70. The van der Waals surface area contributed by atoms with Crippen molar-refractivity contribution in [2.45, 2.75) is 13.8 Å². The van der Waals surface area contributed by atoms with Crippen molar-refractivity contribution < 1.29 is 14.4 Å². The van der Waals surface area contributed by atoms with Crippen LogP contribution in [0.1, 0.15) is 15.3 Å². The highest BCUT2D eigenvalue weighted by Gasteiger charge is 2.34. The molecule has 0 atom stereocenters. The molecule has 1 saturated heterocycles. The molecular weight excluding hydrogens is 338 g/mol. The van der Waals surface area contributed by atoms with Gasteiger partial charge in [0.25, 0.3) is 5.91 Å². The second-order valence-electron chi connectivity index (χ2n) is 5.74. The van der Waals surface area contributed by atoms with Crippen molar-refractivity contribution in [1.29, 1.82) is 0 Å². The monoisotopic (exact) mass is 355 g/mol. The van der Waals surface area contributed by atoms with Crippen molar-refractivity contribution in [2.24, 2.45) is 0 Å². The second kappa shape index (κ2) is 6.90. The normalized spacial score (nSPS) is 15.6. The summed E-state index contributed by atoms with van der Waals surface area (Å²) >= 11 is 1.52. The number of hydrogen-bond acceptors (Lipinski definition) is 4. The van der Waals surface area contributed by atoms with Crippen LogP contribution in [0.3, 0.4) is 0 Å². The average Bonchev–Trinajstić information content (AvgIpc) is 3.08. The molecule has 0 saturated carbocycles. The second-order valence-corrected chi connectivity index (χ2v) is 7.06. The maximum Gasteiger partial charge on any atom is 0.329 e. The summed E-state index contributed by atoms with van der Waals surface area (Å²) in [6.07, 6.45) is 1.62. The van der Waals surface area contributed by atoms with Crippen molar-refractivity contribution in [3.63, 3.8) is 0 Å². The van der Waals surface area contributed by atoms with Gasteiger partial charge in [0, 0.05) is 15.4 Å². The molecule has 6 nitrogen and oxygen atoms in total. The number of imide groups is 1. The number of anilines is 1. The molecule has 4 amide bonds. The van der Waals surface area contributed by atoms with Crippen molar-refractivity contribution in [1.82, 2.24) is 10.2 Å². The molecule has 0 spiro atoms. The highest BCUT2D eigenvalue weighted by atomic mass is 32.1. The Hall–Kier alpha value is -2.93. The van der Waals surface area contributed by atoms with E-state index in [2.05, 4.69) is 10.6 Å². The van der Waals surface area contributed by atoms with E-state index in [4.69, 9.17) is 0 Å². The standard InChI is InChI=1S/C18H17N3O3S/c1-11-3-6-13(7-4-11)19-16(22)10-21-17(23)15(20-18(21)24)9-14-8-5-12(2)25-14/h3-9H,10H2,1-2H3,(H,19,22)(H,20,24). The fourth-order valence-corrected chi connectivity index (χ4v) is 3.19. The third-order valence-corrected chi connectivity index (χ3v) is 4.59. The van der Waals surface area contributed by atoms with E-state index in [1.807, 2.05) is 38.1 Å². The van der Waals surface area contributed by atoms with Crippen LogP contribution < -0.4 is 10.6 Å². The lowest BCUT2D eigenvalue weighted by Crippen LogP contribution is -2.38. The lowest BCUT2D eigenvalue weighted by Gasteiger charge is -2.12. The average molecular weight is 355 g/mol. The van der Waals surface area contributed by atoms with Gasteiger partial charge >= 0.3 is 6.03 Å². The number of aryl methyl sites for hydroxylation is 2. The van der Waals surface area contributed by atoms with Crippen LogP contribution in [0, 0.1) is 13.8 Å². The van der Waals surface area contributed by atoms with Gasteiger partial charge in [-0.1, -0.05) is 17.7 Å². The highest BCUT2D eigenvalue weighted by molar-refractivity contribution is 7.12. The summed E-state index contributed by atoms with van der Waals surface area (Å²) in [6.45, 7) is 3.57. The number of amides is 4. The Morgan fingerprint density at radius 1 is 1.16 bits per heavy atom. The van der Waals surface area contributed by atoms with E-state index in [9.17, 15) is 14.4 Å². The van der Waals surface area contributed by atoms with E-state index in [1.165, 1.54) is 11.3 Å². The lowest BCUT2D eigenvalue weighted by molar-refractivity contribution is -0.127. The zero-order chi connectivity index (χ0) is 18.0. The molecule has 1 aromatic heterocycles. The zero-order valence-electron chi connectivity index (χ0n) is 13.8. The molecule has 128 valence electrons. The first-order valence-corrected chi connectivity index (χ1v) is 8.51. The number of benzene rings is 1. The van der Waals surface area contributed by atoms with Gasteiger partial charge in [-0.15, -0.1) is 11.3 Å². The minimum Gasteiger partial charge on any atom is -0.325 e. The minimum absolute atomic E-state index is 0.176. The number of rotatable bonds is 4. The molecule has 7 heteroatoms.